The number of ether oxygens (including phenoxy) is 1. The first kappa shape index (κ1) is 19.5. The van der Waals surface area contributed by atoms with E-state index < -0.39 is 0 Å². The van der Waals surface area contributed by atoms with Gasteiger partial charge < -0.3 is 15.0 Å². The highest BCUT2D eigenvalue weighted by Gasteiger charge is 2.38. The number of nitrogens with zero attached hydrogens (tertiary/aromatic N) is 1. The first-order chi connectivity index (χ1) is 14.2. The highest BCUT2D eigenvalue weighted by Crippen LogP contribution is 2.32. The van der Waals surface area contributed by atoms with Gasteiger partial charge in [-0.2, -0.15) is 0 Å². The summed E-state index contributed by atoms with van der Waals surface area (Å²) in [5.74, 6) is 1.00. The molecule has 0 radical (unpaired) electrons. The molecular formula is C24H28N2O3. The zero-order valence-corrected chi connectivity index (χ0v) is 16.7. The maximum atomic E-state index is 12.9. The van der Waals surface area contributed by atoms with Crippen molar-refractivity contribution >= 4 is 17.5 Å². The van der Waals surface area contributed by atoms with Crippen molar-refractivity contribution in [3.63, 3.8) is 0 Å². The predicted molar refractivity (Wildman–Crippen MR) is 113 cm³/mol. The highest BCUT2D eigenvalue weighted by molar-refractivity contribution is 5.98. The lowest BCUT2D eigenvalue weighted by molar-refractivity contribution is -0.130. The topological polar surface area (TPSA) is 58.6 Å². The molecule has 2 aromatic carbocycles. The Labute approximate surface area is 172 Å². The number of carbonyl (C=O) groups excluding carboxylic acids is 2. The van der Waals surface area contributed by atoms with Crippen LogP contribution in [0.25, 0.3) is 0 Å². The molecule has 5 nitrogen and oxygen atoms in total. The van der Waals surface area contributed by atoms with Crippen LogP contribution in [-0.2, 0) is 9.59 Å². The van der Waals surface area contributed by atoms with Crippen LogP contribution in [0.4, 0.5) is 5.69 Å². The van der Waals surface area contributed by atoms with Crippen molar-refractivity contribution in [1.82, 2.24) is 4.90 Å². The van der Waals surface area contributed by atoms with E-state index in [9.17, 15) is 9.59 Å². The number of anilines is 1. The minimum absolute atomic E-state index is 0.112. The minimum Gasteiger partial charge on any atom is -0.455 e. The Balaban J connectivity index is 1.41. The largest absolute Gasteiger partial charge is 0.455 e. The number of rotatable bonds is 5. The van der Waals surface area contributed by atoms with Crippen molar-refractivity contribution < 1.29 is 14.3 Å². The summed E-state index contributed by atoms with van der Waals surface area (Å²) in [5.41, 5.74) is 0.627. The second-order valence-corrected chi connectivity index (χ2v) is 7.99. The number of para-hydroxylation sites is 3. The van der Waals surface area contributed by atoms with Crippen molar-refractivity contribution in [2.45, 2.75) is 51.0 Å². The monoisotopic (exact) mass is 392 g/mol. The molecule has 29 heavy (non-hydrogen) atoms. The van der Waals surface area contributed by atoms with Crippen LogP contribution in [0.1, 0.15) is 44.9 Å². The highest BCUT2D eigenvalue weighted by atomic mass is 16.5. The molecule has 1 saturated heterocycles. The zero-order valence-electron chi connectivity index (χ0n) is 16.7. The molecule has 2 amide bonds. The zero-order chi connectivity index (χ0) is 20.1. The summed E-state index contributed by atoms with van der Waals surface area (Å²) in [6, 6.07) is 17.2. The maximum Gasteiger partial charge on any atom is 0.229 e. The molecule has 1 aliphatic heterocycles. The average molecular weight is 392 g/mol. The molecule has 2 fully saturated rings. The van der Waals surface area contributed by atoms with Crippen LogP contribution in [0.5, 0.6) is 11.5 Å². The van der Waals surface area contributed by atoms with E-state index in [2.05, 4.69) is 5.32 Å². The summed E-state index contributed by atoms with van der Waals surface area (Å²) in [4.78, 5) is 27.5. The van der Waals surface area contributed by atoms with Gasteiger partial charge in [-0.25, -0.2) is 0 Å². The van der Waals surface area contributed by atoms with Gasteiger partial charge in [0.25, 0.3) is 0 Å². The summed E-state index contributed by atoms with van der Waals surface area (Å²) in [5, 5.41) is 2.99. The van der Waals surface area contributed by atoms with Crippen LogP contribution >= 0.6 is 0 Å². The fraction of sp³-hybridized carbons (Fsp3) is 0.417. The summed E-state index contributed by atoms with van der Waals surface area (Å²) in [6.07, 6.45) is 7.28. The van der Waals surface area contributed by atoms with Gasteiger partial charge in [-0.3, -0.25) is 9.59 Å². The molecule has 0 aromatic heterocycles. The van der Waals surface area contributed by atoms with E-state index >= 15 is 0 Å². The Morgan fingerprint density at radius 2 is 1.62 bits per heavy atom. The molecule has 5 heteroatoms. The van der Waals surface area contributed by atoms with Crippen molar-refractivity contribution in [2.24, 2.45) is 5.92 Å². The lowest BCUT2D eigenvalue weighted by Crippen LogP contribution is -2.37. The number of nitrogens with one attached hydrogen (secondary N) is 1. The van der Waals surface area contributed by atoms with E-state index in [1.807, 2.05) is 59.5 Å². The number of benzene rings is 2. The minimum atomic E-state index is -0.310. The molecule has 1 heterocycles. The quantitative estimate of drug-likeness (QED) is 0.730. The Morgan fingerprint density at radius 1 is 0.931 bits per heavy atom. The van der Waals surface area contributed by atoms with Gasteiger partial charge in [0.15, 0.2) is 5.75 Å². The van der Waals surface area contributed by atoms with Crippen LogP contribution in [0.2, 0.25) is 0 Å². The standard InChI is InChI=1S/C24H28N2O3/c27-23-16-18(17-26(23)19-10-4-1-2-5-11-19)24(28)25-21-14-8-9-15-22(21)29-20-12-6-3-7-13-20/h3,6-9,12-15,18-19H,1-2,4-5,10-11,16-17H2,(H,25,28). The van der Waals surface area contributed by atoms with Gasteiger partial charge in [-0.05, 0) is 37.1 Å². The van der Waals surface area contributed by atoms with Crippen LogP contribution < -0.4 is 10.1 Å². The summed E-state index contributed by atoms with van der Waals surface area (Å²) < 4.78 is 5.93. The molecule has 1 atom stereocenters. The lowest BCUT2D eigenvalue weighted by atomic mass is 10.1. The number of hydrogen-bond acceptors (Lipinski definition) is 3. The van der Waals surface area contributed by atoms with E-state index in [0.717, 1.165) is 12.8 Å². The Morgan fingerprint density at radius 3 is 2.38 bits per heavy atom. The lowest BCUT2D eigenvalue weighted by Gasteiger charge is -2.27. The SMILES string of the molecule is O=C(Nc1ccccc1Oc1ccccc1)C1CC(=O)N(C2CCCCCC2)C1. The molecule has 1 N–H and O–H groups in total. The van der Waals surface area contributed by atoms with Gasteiger partial charge >= 0.3 is 0 Å². The van der Waals surface area contributed by atoms with Crippen molar-refractivity contribution in [3.8, 4) is 11.5 Å². The molecule has 1 aliphatic carbocycles. The molecule has 1 saturated carbocycles. The Hall–Kier alpha value is -2.82. The van der Waals surface area contributed by atoms with Crippen LogP contribution in [0.15, 0.2) is 54.6 Å². The fourth-order valence-electron chi connectivity index (χ4n) is 4.34. The summed E-state index contributed by atoms with van der Waals surface area (Å²) >= 11 is 0. The first-order valence-corrected chi connectivity index (χ1v) is 10.6. The van der Waals surface area contributed by atoms with Gasteiger partial charge in [0.05, 0.1) is 11.6 Å². The summed E-state index contributed by atoms with van der Waals surface area (Å²) in [6.45, 7) is 0.525. The van der Waals surface area contributed by atoms with E-state index in [1.54, 1.807) is 0 Å². The first-order valence-electron chi connectivity index (χ1n) is 10.6. The van der Waals surface area contributed by atoms with Gasteiger partial charge in [0.2, 0.25) is 11.8 Å². The molecule has 0 bridgehead atoms. The molecule has 4 rings (SSSR count). The molecular weight excluding hydrogens is 364 g/mol. The van der Waals surface area contributed by atoms with Crippen LogP contribution in [0, 0.1) is 5.92 Å². The predicted octanol–water partition coefficient (Wildman–Crippen LogP) is 4.99. The second-order valence-electron chi connectivity index (χ2n) is 7.99. The van der Waals surface area contributed by atoms with Crippen molar-refractivity contribution in [3.05, 3.63) is 54.6 Å². The molecule has 152 valence electrons. The van der Waals surface area contributed by atoms with Gasteiger partial charge in [0, 0.05) is 19.0 Å². The van der Waals surface area contributed by atoms with Gasteiger partial charge in [0.1, 0.15) is 5.75 Å². The number of carbonyl (C=O) groups is 2. The number of likely N-dealkylation sites (tertiary alicyclic amines) is 1. The van der Waals surface area contributed by atoms with Crippen LogP contribution in [0.3, 0.4) is 0 Å². The Bertz CT molecular complexity index is 844. The van der Waals surface area contributed by atoms with Crippen LogP contribution in [-0.4, -0.2) is 29.3 Å². The number of amides is 2. The van der Waals surface area contributed by atoms with E-state index in [4.69, 9.17) is 4.74 Å². The maximum absolute atomic E-state index is 12.9. The number of hydrogen-bond donors (Lipinski definition) is 1. The molecule has 2 aliphatic rings. The molecule has 0 spiro atoms. The smallest absolute Gasteiger partial charge is 0.229 e. The van der Waals surface area contributed by atoms with Gasteiger partial charge in [-0.15, -0.1) is 0 Å². The third-order valence-electron chi connectivity index (χ3n) is 5.91. The third kappa shape index (κ3) is 4.78. The van der Waals surface area contributed by atoms with Crippen molar-refractivity contribution in [2.75, 3.05) is 11.9 Å². The normalized spacial score (nSPS) is 20.3. The second kappa shape index (κ2) is 9.12. The fourth-order valence-corrected chi connectivity index (χ4v) is 4.34. The van der Waals surface area contributed by atoms with E-state index in [1.165, 1.54) is 25.7 Å². The van der Waals surface area contributed by atoms with E-state index in [0.29, 0.717) is 36.2 Å². The molecule has 2 aromatic rings. The van der Waals surface area contributed by atoms with Crippen molar-refractivity contribution in [1.29, 1.82) is 0 Å². The third-order valence-corrected chi connectivity index (χ3v) is 5.91. The Kier molecular flexibility index (Phi) is 6.13. The summed E-state index contributed by atoms with van der Waals surface area (Å²) in [7, 11) is 0. The van der Waals surface area contributed by atoms with E-state index in [-0.39, 0.29) is 17.7 Å². The molecule has 1 unspecified atom stereocenters. The van der Waals surface area contributed by atoms with Gasteiger partial charge in [-0.1, -0.05) is 56.0 Å². The average Bonchev–Trinajstić information content (AvgIpc) is 2.94.